The fraction of sp³-hybridized carbons (Fsp3) is 0.231. The Bertz CT molecular complexity index is 593. The van der Waals surface area contributed by atoms with Gasteiger partial charge in [0.05, 0.1) is 18.2 Å². The Morgan fingerprint density at radius 1 is 1.41 bits per heavy atom. The smallest absolute Gasteiger partial charge is 0.141 e. The number of aromatic nitrogens is 2. The van der Waals surface area contributed by atoms with E-state index in [2.05, 4.69) is 27.0 Å². The van der Waals surface area contributed by atoms with Crippen molar-refractivity contribution < 1.29 is 0 Å². The second-order valence-corrected chi connectivity index (χ2v) is 4.70. The molecule has 0 aliphatic heterocycles. The van der Waals surface area contributed by atoms with E-state index in [1.165, 1.54) is 0 Å². The van der Waals surface area contributed by atoms with Gasteiger partial charge in [-0.1, -0.05) is 34.1 Å². The molecule has 0 aliphatic carbocycles. The van der Waals surface area contributed by atoms with Crippen LogP contribution < -0.4 is 0 Å². The first-order chi connectivity index (χ1) is 8.15. The summed E-state index contributed by atoms with van der Waals surface area (Å²) >= 11 is 3.52. The highest BCUT2D eigenvalue weighted by Gasteiger charge is 2.13. The molecule has 0 atom stereocenters. The van der Waals surface area contributed by atoms with Gasteiger partial charge in [-0.15, -0.1) is 0 Å². The third-order valence-corrected chi connectivity index (χ3v) is 3.53. The minimum Gasteiger partial charge on any atom is -0.331 e. The molecule has 0 radical (unpaired) electrons. The van der Waals surface area contributed by atoms with E-state index in [9.17, 15) is 0 Å². The van der Waals surface area contributed by atoms with Crippen molar-refractivity contribution in [1.82, 2.24) is 9.55 Å². The maximum atomic E-state index is 8.76. The molecule has 0 saturated heterocycles. The summed E-state index contributed by atoms with van der Waals surface area (Å²) in [6, 6.07) is 10.1. The topological polar surface area (TPSA) is 41.6 Å². The number of halogens is 1. The van der Waals surface area contributed by atoms with E-state index in [4.69, 9.17) is 5.26 Å². The zero-order valence-electron chi connectivity index (χ0n) is 9.74. The second-order valence-electron chi connectivity index (χ2n) is 3.84. The van der Waals surface area contributed by atoms with Crippen molar-refractivity contribution >= 4 is 15.9 Å². The summed E-state index contributed by atoms with van der Waals surface area (Å²) < 4.78 is 3.03. The van der Waals surface area contributed by atoms with Crippen LogP contribution in [0.25, 0.3) is 11.4 Å². The van der Waals surface area contributed by atoms with Gasteiger partial charge in [0.25, 0.3) is 0 Å². The quantitative estimate of drug-likeness (QED) is 0.852. The van der Waals surface area contributed by atoms with Crippen LogP contribution in [0.5, 0.6) is 0 Å². The van der Waals surface area contributed by atoms with Crippen molar-refractivity contribution in [2.45, 2.75) is 13.3 Å². The Morgan fingerprint density at radius 3 is 2.76 bits per heavy atom. The van der Waals surface area contributed by atoms with E-state index in [1.807, 2.05) is 42.8 Å². The Morgan fingerprint density at radius 2 is 2.12 bits per heavy atom. The van der Waals surface area contributed by atoms with Gasteiger partial charge in [0.1, 0.15) is 5.82 Å². The largest absolute Gasteiger partial charge is 0.331 e. The van der Waals surface area contributed by atoms with E-state index in [-0.39, 0.29) is 0 Å². The molecule has 0 fully saturated rings. The molecule has 1 heterocycles. The Balaban J connectivity index is 2.58. The van der Waals surface area contributed by atoms with Gasteiger partial charge in [0, 0.05) is 22.8 Å². The van der Waals surface area contributed by atoms with Crippen LogP contribution in [-0.4, -0.2) is 9.55 Å². The maximum absolute atomic E-state index is 8.76. The van der Waals surface area contributed by atoms with Gasteiger partial charge in [-0.05, 0) is 13.0 Å². The zero-order valence-corrected chi connectivity index (χ0v) is 11.3. The molecule has 17 heavy (non-hydrogen) atoms. The van der Waals surface area contributed by atoms with E-state index >= 15 is 0 Å². The molecule has 0 spiro atoms. The van der Waals surface area contributed by atoms with Gasteiger partial charge in [-0.3, -0.25) is 0 Å². The monoisotopic (exact) mass is 289 g/mol. The molecule has 0 N–H and O–H groups in total. The summed E-state index contributed by atoms with van der Waals surface area (Å²) in [5.74, 6) is 0.889. The lowest BCUT2D eigenvalue weighted by atomic mass is 10.2. The molecular weight excluding hydrogens is 278 g/mol. The Kier molecular flexibility index (Phi) is 3.30. The highest BCUT2D eigenvalue weighted by molar-refractivity contribution is 9.10. The molecule has 0 amide bonds. The molecule has 3 nitrogen and oxygen atoms in total. The fourth-order valence-corrected chi connectivity index (χ4v) is 2.22. The molecule has 2 rings (SSSR count). The van der Waals surface area contributed by atoms with Crippen LogP contribution in [0.1, 0.15) is 11.4 Å². The average molecular weight is 290 g/mol. The Labute approximate surface area is 109 Å². The van der Waals surface area contributed by atoms with Crippen LogP contribution in [0.3, 0.4) is 0 Å². The molecule has 0 aliphatic rings. The van der Waals surface area contributed by atoms with Crippen LogP contribution in [0.15, 0.2) is 28.7 Å². The first-order valence-corrected chi connectivity index (χ1v) is 6.08. The molecular formula is C13H12BrN3. The third kappa shape index (κ3) is 2.11. The number of nitriles is 1. The second kappa shape index (κ2) is 4.72. The van der Waals surface area contributed by atoms with Crippen molar-refractivity contribution in [1.29, 1.82) is 5.26 Å². The minimum atomic E-state index is 0.351. The molecule has 1 aromatic carbocycles. The van der Waals surface area contributed by atoms with Crippen LogP contribution in [0, 0.1) is 18.3 Å². The number of benzene rings is 1. The van der Waals surface area contributed by atoms with Crippen molar-refractivity contribution in [3.63, 3.8) is 0 Å². The summed E-state index contributed by atoms with van der Waals surface area (Å²) in [4.78, 5) is 4.54. The molecule has 0 saturated carbocycles. The van der Waals surface area contributed by atoms with Crippen molar-refractivity contribution in [3.05, 3.63) is 40.1 Å². The van der Waals surface area contributed by atoms with Gasteiger partial charge in [0.15, 0.2) is 0 Å². The van der Waals surface area contributed by atoms with Gasteiger partial charge < -0.3 is 4.57 Å². The summed E-state index contributed by atoms with van der Waals surface area (Å²) in [6.07, 6.45) is 0.351. The highest BCUT2D eigenvalue weighted by Crippen LogP contribution is 2.28. The third-order valence-electron chi connectivity index (χ3n) is 2.84. The van der Waals surface area contributed by atoms with Crippen molar-refractivity contribution in [3.8, 4) is 17.5 Å². The lowest BCUT2D eigenvalue weighted by molar-refractivity contribution is 0.878. The number of rotatable bonds is 2. The van der Waals surface area contributed by atoms with E-state index in [1.54, 1.807) is 0 Å². The summed E-state index contributed by atoms with van der Waals surface area (Å²) in [6.45, 7) is 1.99. The molecule has 4 heteroatoms. The number of hydrogen-bond donors (Lipinski definition) is 0. The van der Waals surface area contributed by atoms with E-state index < -0.39 is 0 Å². The number of nitrogens with zero attached hydrogens (tertiary/aromatic N) is 3. The standard InChI is InChI=1S/C13H12BrN3/c1-9-12(7-8-15)16-13(17(9)2)10-5-3-4-6-11(10)14/h3-6H,7H2,1-2H3. The SMILES string of the molecule is Cc1c(CC#N)nc(-c2ccccc2Br)n1C. The van der Waals surface area contributed by atoms with E-state index in [0.717, 1.165) is 27.2 Å². The molecule has 2 aromatic rings. The lowest BCUT2D eigenvalue weighted by Crippen LogP contribution is -1.95. The highest BCUT2D eigenvalue weighted by atomic mass is 79.9. The molecule has 1 aromatic heterocycles. The first-order valence-electron chi connectivity index (χ1n) is 5.29. The summed E-state index contributed by atoms with van der Waals surface area (Å²) in [5.41, 5.74) is 2.93. The predicted molar refractivity (Wildman–Crippen MR) is 70.4 cm³/mol. The number of imidazole rings is 1. The van der Waals surface area contributed by atoms with Crippen molar-refractivity contribution in [2.24, 2.45) is 7.05 Å². The lowest BCUT2D eigenvalue weighted by Gasteiger charge is -2.04. The van der Waals surface area contributed by atoms with E-state index in [0.29, 0.717) is 6.42 Å². The van der Waals surface area contributed by atoms with Gasteiger partial charge >= 0.3 is 0 Å². The van der Waals surface area contributed by atoms with Crippen LogP contribution in [0.4, 0.5) is 0 Å². The van der Waals surface area contributed by atoms with Gasteiger partial charge in [0.2, 0.25) is 0 Å². The number of hydrogen-bond acceptors (Lipinski definition) is 2. The molecule has 86 valence electrons. The zero-order chi connectivity index (χ0) is 12.4. The van der Waals surface area contributed by atoms with Crippen molar-refractivity contribution in [2.75, 3.05) is 0 Å². The normalized spacial score (nSPS) is 10.2. The van der Waals surface area contributed by atoms with Crippen LogP contribution >= 0.6 is 15.9 Å². The van der Waals surface area contributed by atoms with Gasteiger partial charge in [-0.25, -0.2) is 4.98 Å². The fourth-order valence-electron chi connectivity index (χ4n) is 1.76. The summed E-state index contributed by atoms with van der Waals surface area (Å²) in [7, 11) is 1.97. The van der Waals surface area contributed by atoms with Gasteiger partial charge in [-0.2, -0.15) is 5.26 Å². The predicted octanol–water partition coefficient (Wildman–Crippen LogP) is 3.22. The van der Waals surface area contributed by atoms with Crippen LogP contribution in [0.2, 0.25) is 0 Å². The maximum Gasteiger partial charge on any atom is 0.141 e. The molecule has 0 unspecified atom stereocenters. The summed E-state index contributed by atoms with van der Waals surface area (Å²) in [5, 5.41) is 8.76. The van der Waals surface area contributed by atoms with Crippen LogP contribution in [-0.2, 0) is 13.5 Å². The molecule has 0 bridgehead atoms. The average Bonchev–Trinajstić information content (AvgIpc) is 2.59. The Hall–Kier alpha value is -1.60. The minimum absolute atomic E-state index is 0.351. The first kappa shape index (κ1) is 11.9.